The summed E-state index contributed by atoms with van der Waals surface area (Å²) in [6.07, 6.45) is 53.7. The highest BCUT2D eigenvalue weighted by atomic mass is 16.8. The van der Waals surface area contributed by atoms with Gasteiger partial charge >= 0.3 is 0 Å². The number of carbonyl (C=O) groups excluding carboxylic acids is 1. The van der Waals surface area contributed by atoms with Crippen molar-refractivity contribution in [3.05, 3.63) is 12.2 Å². The monoisotopic (exact) mass is 1490 g/mol. The lowest BCUT2D eigenvalue weighted by atomic mass is 9.96. The molecule has 616 valence electrons. The van der Waals surface area contributed by atoms with E-state index in [1.54, 1.807) is 6.08 Å². The summed E-state index contributed by atoms with van der Waals surface area (Å²) >= 11 is 0. The second-order valence-electron chi connectivity index (χ2n) is 31.7. The van der Waals surface area contributed by atoms with E-state index in [0.717, 1.165) is 44.9 Å². The maximum Gasteiger partial charge on any atom is 0.220 e. The lowest BCUT2D eigenvalue weighted by Crippen LogP contribution is -2.66. The second kappa shape index (κ2) is 66.2. The number of aliphatic hydroxyl groups is 11. The zero-order chi connectivity index (χ0) is 75.3. The van der Waals surface area contributed by atoms with Crippen molar-refractivity contribution in [2.75, 3.05) is 26.4 Å². The van der Waals surface area contributed by atoms with Crippen LogP contribution in [0.4, 0.5) is 0 Å². The normalized spacial score (nSPS) is 25.9. The van der Waals surface area contributed by atoms with E-state index in [1.165, 1.54) is 321 Å². The Morgan fingerprint density at radius 2 is 0.596 bits per heavy atom. The Bertz CT molecular complexity index is 1920. The quantitative estimate of drug-likeness (QED) is 0.0199. The molecular weight excluding hydrogens is 1320 g/mol. The Hall–Kier alpha value is -1.47. The van der Waals surface area contributed by atoms with Crippen molar-refractivity contribution >= 4 is 5.91 Å². The van der Waals surface area contributed by atoms with E-state index >= 15 is 0 Å². The average molecular weight is 1490 g/mol. The molecule has 104 heavy (non-hydrogen) atoms. The fraction of sp³-hybridized carbons (Fsp3) is 0.965. The zero-order valence-corrected chi connectivity index (χ0v) is 66.3. The van der Waals surface area contributed by atoms with E-state index in [-0.39, 0.29) is 18.9 Å². The highest BCUT2D eigenvalue weighted by Gasteiger charge is 2.54. The molecule has 0 spiro atoms. The first-order valence-corrected chi connectivity index (χ1v) is 43.9. The maximum absolute atomic E-state index is 13.5. The van der Waals surface area contributed by atoms with Crippen molar-refractivity contribution in [1.82, 2.24) is 5.32 Å². The number of nitrogens with one attached hydrogen (secondary N) is 1. The molecule has 19 heteroatoms. The summed E-state index contributed by atoms with van der Waals surface area (Å²) in [5.41, 5.74) is 0. The van der Waals surface area contributed by atoms with Crippen LogP contribution < -0.4 is 5.32 Å². The first-order chi connectivity index (χ1) is 50.8. The molecule has 12 N–H and O–H groups in total. The second-order valence-corrected chi connectivity index (χ2v) is 31.7. The van der Waals surface area contributed by atoms with Crippen LogP contribution in [0.15, 0.2) is 12.2 Å². The summed E-state index contributed by atoms with van der Waals surface area (Å²) in [6, 6.07) is -0.971. The van der Waals surface area contributed by atoms with E-state index in [9.17, 15) is 61.0 Å². The first-order valence-electron chi connectivity index (χ1n) is 43.9. The fourth-order valence-electron chi connectivity index (χ4n) is 15.3. The third-order valence-corrected chi connectivity index (χ3v) is 22.3. The number of carbonyl (C=O) groups is 1. The molecule has 3 heterocycles. The van der Waals surface area contributed by atoms with Crippen LogP contribution in [0, 0.1) is 0 Å². The molecule has 1 amide bonds. The van der Waals surface area contributed by atoms with Crippen molar-refractivity contribution in [2.24, 2.45) is 0 Å². The summed E-state index contributed by atoms with van der Waals surface area (Å²) in [4.78, 5) is 13.5. The third kappa shape index (κ3) is 45.1. The van der Waals surface area contributed by atoms with Crippen molar-refractivity contribution in [2.45, 2.75) is 497 Å². The van der Waals surface area contributed by atoms with E-state index < -0.39 is 124 Å². The average Bonchev–Trinajstić information content (AvgIpc) is 0.783. The summed E-state index contributed by atoms with van der Waals surface area (Å²) < 4.78 is 34.5. The van der Waals surface area contributed by atoms with Crippen LogP contribution in [-0.4, -0.2) is 193 Å². The number of rotatable bonds is 72. The standard InChI is InChI=1S/C85H163NO18/c1-3-5-7-9-11-13-15-17-19-21-23-25-27-29-30-31-32-33-34-35-36-37-39-41-43-45-47-49-51-53-55-57-59-61-63-73(91)86-68(69(90)62-60-58-56-54-52-50-48-46-44-42-40-38-28-26-24-22-20-18-16-14-12-10-8-6-4-2)67-99-83-79(97)76(94)81(71(65-88)101-83)104-85-80(98)77(95)82(72(66-89)102-85)103-84-78(96)75(93)74(92)70(64-87)100-84/h60,62,68-72,74-85,87-90,92-98H,3-59,61,63-67H2,1-2H3,(H,86,91)/b62-60+. The van der Waals surface area contributed by atoms with Crippen molar-refractivity contribution in [3.8, 4) is 0 Å². The highest BCUT2D eigenvalue weighted by molar-refractivity contribution is 5.76. The smallest absolute Gasteiger partial charge is 0.220 e. The Balaban J connectivity index is 1.33. The topological polar surface area (TPSA) is 307 Å². The summed E-state index contributed by atoms with van der Waals surface area (Å²) in [5, 5.41) is 121. The van der Waals surface area contributed by atoms with Crippen molar-refractivity contribution in [3.63, 3.8) is 0 Å². The number of unbranched alkanes of at least 4 members (excludes halogenated alkanes) is 56. The van der Waals surface area contributed by atoms with Crippen molar-refractivity contribution < 1.29 is 89.4 Å². The number of amides is 1. The minimum atomic E-state index is -1.98. The Labute approximate surface area is 633 Å². The van der Waals surface area contributed by atoms with E-state index in [4.69, 9.17) is 28.4 Å². The molecule has 19 nitrogen and oxygen atoms in total. The van der Waals surface area contributed by atoms with Gasteiger partial charge in [0.2, 0.25) is 5.91 Å². The summed E-state index contributed by atoms with van der Waals surface area (Å²) in [6.45, 7) is 1.82. The van der Waals surface area contributed by atoms with E-state index in [0.29, 0.717) is 6.42 Å². The number of aliphatic hydroxyl groups excluding tert-OH is 11. The van der Waals surface area contributed by atoms with Gasteiger partial charge in [0.05, 0.1) is 38.6 Å². The molecule has 0 saturated carbocycles. The predicted molar refractivity (Wildman–Crippen MR) is 416 cm³/mol. The summed E-state index contributed by atoms with van der Waals surface area (Å²) in [7, 11) is 0. The van der Waals surface area contributed by atoms with Gasteiger partial charge in [-0.15, -0.1) is 0 Å². The number of hydrogen-bond donors (Lipinski definition) is 12. The van der Waals surface area contributed by atoms with Gasteiger partial charge in [-0.05, 0) is 19.3 Å². The SMILES string of the molecule is CCCCCCCCCCCCCCCCCCCCCCCCC/C=C/C(O)C(COC1OC(CO)C(OC2OC(CO)C(OC3OC(CO)C(O)C(O)C3O)C(O)C2O)C(O)C1O)NC(=O)CCCCCCCCCCCCCCCCCCCCCCCCCCCCCCCCCCCC. The van der Waals surface area contributed by atoms with Gasteiger partial charge in [-0.2, -0.15) is 0 Å². The molecule has 17 atom stereocenters. The van der Waals surface area contributed by atoms with Crippen LogP contribution in [0.3, 0.4) is 0 Å². The summed E-state index contributed by atoms with van der Waals surface area (Å²) in [5.74, 6) is -0.265. The minimum absolute atomic E-state index is 0.250. The molecule has 3 rings (SSSR count). The molecule has 17 unspecified atom stereocenters. The van der Waals surface area contributed by atoms with Gasteiger partial charge in [0, 0.05) is 6.42 Å². The predicted octanol–water partition coefficient (Wildman–Crippen LogP) is 15.9. The van der Waals surface area contributed by atoms with Crippen LogP contribution >= 0.6 is 0 Å². The van der Waals surface area contributed by atoms with Crippen LogP contribution in [0.1, 0.15) is 393 Å². The lowest BCUT2D eigenvalue weighted by Gasteiger charge is -2.48. The van der Waals surface area contributed by atoms with Crippen LogP contribution in [0.5, 0.6) is 0 Å². The van der Waals surface area contributed by atoms with E-state index in [1.807, 2.05) is 6.08 Å². The zero-order valence-electron chi connectivity index (χ0n) is 66.3. The number of ether oxygens (including phenoxy) is 6. The van der Waals surface area contributed by atoms with Crippen LogP contribution in [-0.2, 0) is 33.2 Å². The first kappa shape index (κ1) is 96.7. The Morgan fingerprint density at radius 1 is 0.337 bits per heavy atom. The molecule has 0 bridgehead atoms. The van der Waals surface area contributed by atoms with Gasteiger partial charge in [0.1, 0.15) is 73.2 Å². The van der Waals surface area contributed by atoms with Crippen molar-refractivity contribution in [1.29, 1.82) is 0 Å². The van der Waals surface area contributed by atoms with Gasteiger partial charge < -0.3 is 89.9 Å². The largest absolute Gasteiger partial charge is 0.394 e. The number of hydrogen-bond acceptors (Lipinski definition) is 18. The molecule has 3 saturated heterocycles. The molecular formula is C85H163NO18. The van der Waals surface area contributed by atoms with Crippen LogP contribution in [0.25, 0.3) is 0 Å². The molecule has 3 aliphatic rings. The van der Waals surface area contributed by atoms with E-state index in [2.05, 4.69) is 19.2 Å². The molecule has 0 aromatic rings. The van der Waals surface area contributed by atoms with Gasteiger partial charge in [-0.25, -0.2) is 0 Å². The number of allylic oxidation sites excluding steroid dienone is 1. The lowest BCUT2D eigenvalue weighted by molar-refractivity contribution is -0.379. The molecule has 0 aromatic carbocycles. The van der Waals surface area contributed by atoms with Crippen LogP contribution in [0.2, 0.25) is 0 Å². The maximum atomic E-state index is 13.5. The molecule has 3 aliphatic heterocycles. The third-order valence-electron chi connectivity index (χ3n) is 22.3. The highest BCUT2D eigenvalue weighted by Crippen LogP contribution is 2.34. The van der Waals surface area contributed by atoms with Gasteiger partial charge in [0.15, 0.2) is 18.9 Å². The molecule has 0 aromatic heterocycles. The Morgan fingerprint density at radius 3 is 0.904 bits per heavy atom. The van der Waals surface area contributed by atoms with Gasteiger partial charge in [-0.1, -0.05) is 379 Å². The van der Waals surface area contributed by atoms with Gasteiger partial charge in [0.25, 0.3) is 0 Å². The van der Waals surface area contributed by atoms with Gasteiger partial charge in [-0.3, -0.25) is 4.79 Å². The molecule has 0 radical (unpaired) electrons. The Kier molecular flexibility index (Phi) is 61.5. The fourth-order valence-corrected chi connectivity index (χ4v) is 15.3. The molecule has 0 aliphatic carbocycles. The molecule has 3 fully saturated rings. The minimum Gasteiger partial charge on any atom is -0.394 e.